The fourth-order valence-electron chi connectivity index (χ4n) is 3.00. The highest BCUT2D eigenvalue weighted by Gasteiger charge is 2.20. The topological polar surface area (TPSA) is 71.2 Å². The van der Waals surface area contributed by atoms with Crippen molar-refractivity contribution in [3.05, 3.63) is 30.5 Å². The first-order chi connectivity index (χ1) is 12.4. The Morgan fingerprint density at radius 1 is 1.38 bits per heavy atom. The fourth-order valence-corrected chi connectivity index (χ4v) is 3.00. The van der Waals surface area contributed by atoms with Crippen LogP contribution in [0.2, 0.25) is 0 Å². The van der Waals surface area contributed by atoms with Gasteiger partial charge in [-0.25, -0.2) is 9.78 Å². The molecule has 1 aliphatic rings. The molecule has 1 saturated heterocycles. The Hall–Kier alpha value is -2.49. The number of alkyl halides is 2. The zero-order chi connectivity index (χ0) is 18.7. The van der Waals surface area contributed by atoms with E-state index in [2.05, 4.69) is 27.3 Å². The van der Waals surface area contributed by atoms with E-state index < -0.39 is 12.6 Å². The summed E-state index contributed by atoms with van der Waals surface area (Å²) in [6.45, 7) is -0.676. The summed E-state index contributed by atoms with van der Waals surface area (Å²) >= 11 is 0. The van der Waals surface area contributed by atoms with E-state index in [1.165, 1.54) is 24.3 Å². The Labute approximate surface area is 150 Å². The molecule has 0 bridgehead atoms. The third-order valence-corrected chi connectivity index (χ3v) is 4.59. The second-order valence-electron chi connectivity index (χ2n) is 6.53. The van der Waals surface area contributed by atoms with Gasteiger partial charge < -0.3 is 9.80 Å². The van der Waals surface area contributed by atoms with Gasteiger partial charge in [0.2, 0.25) is 0 Å². The normalized spacial score (nSPS) is 16.2. The molecule has 0 saturated carbocycles. The van der Waals surface area contributed by atoms with Crippen LogP contribution in [0.25, 0.3) is 0 Å². The minimum absolute atomic E-state index is 0.0289. The molecule has 2 aromatic rings. The van der Waals surface area contributed by atoms with Crippen LogP contribution in [0.15, 0.2) is 24.7 Å². The van der Waals surface area contributed by atoms with Gasteiger partial charge in [0.15, 0.2) is 5.82 Å². The van der Waals surface area contributed by atoms with Gasteiger partial charge in [-0.3, -0.25) is 14.6 Å². The Morgan fingerprint density at radius 2 is 2.12 bits per heavy atom. The number of urea groups is 1. The van der Waals surface area contributed by atoms with Gasteiger partial charge in [0.05, 0.1) is 12.6 Å². The first kappa shape index (κ1) is 18.3. The van der Waals surface area contributed by atoms with Gasteiger partial charge in [0.25, 0.3) is 0 Å². The number of imidazole rings is 1. The Balaban J connectivity index is 1.57. The number of hydrogen-bond donors (Lipinski definition) is 1. The first-order valence-corrected chi connectivity index (χ1v) is 8.49. The second kappa shape index (κ2) is 7.81. The van der Waals surface area contributed by atoms with Crippen LogP contribution in [0.4, 0.5) is 19.4 Å². The van der Waals surface area contributed by atoms with Crippen molar-refractivity contribution in [1.29, 1.82) is 0 Å². The molecule has 2 aromatic heterocycles. The van der Waals surface area contributed by atoms with Gasteiger partial charge in [-0.2, -0.15) is 13.9 Å². The third kappa shape index (κ3) is 4.18. The number of amides is 2. The number of piperidine rings is 1. The van der Waals surface area contributed by atoms with Crippen LogP contribution in [-0.2, 0) is 6.54 Å². The van der Waals surface area contributed by atoms with Gasteiger partial charge in [0.1, 0.15) is 5.82 Å². The van der Waals surface area contributed by atoms with E-state index in [1.54, 1.807) is 6.07 Å². The number of carbonyl (C=O) groups excluding carboxylic acids is 1. The number of anilines is 1. The molecular formula is C16H23F2N7O. The lowest BCUT2D eigenvalue weighted by atomic mass is 10.1. The third-order valence-electron chi connectivity index (χ3n) is 4.59. The number of nitrogens with zero attached hydrogens (tertiary/aromatic N) is 6. The summed E-state index contributed by atoms with van der Waals surface area (Å²) in [7, 11) is 3.62. The molecule has 8 nitrogen and oxygen atoms in total. The molecule has 0 atom stereocenters. The van der Waals surface area contributed by atoms with Crippen molar-refractivity contribution in [1.82, 2.24) is 29.1 Å². The number of hydrogen-bond acceptors (Lipinski definition) is 4. The fraction of sp³-hybridized carbons (Fsp3) is 0.562. The summed E-state index contributed by atoms with van der Waals surface area (Å²) in [5.74, 6) is 0.562. The maximum atomic E-state index is 12.9. The Morgan fingerprint density at radius 3 is 2.81 bits per heavy atom. The van der Waals surface area contributed by atoms with Crippen molar-refractivity contribution >= 4 is 11.8 Å². The summed E-state index contributed by atoms with van der Waals surface area (Å²) in [4.78, 5) is 19.7. The quantitative estimate of drug-likeness (QED) is 0.881. The lowest BCUT2D eigenvalue weighted by Crippen LogP contribution is -2.33. The second-order valence-corrected chi connectivity index (χ2v) is 6.53. The summed E-state index contributed by atoms with van der Waals surface area (Å²) in [6.07, 6.45) is 6.37. The molecule has 0 radical (unpaired) electrons. The molecule has 2 amide bonds. The van der Waals surface area contributed by atoms with E-state index in [0.29, 0.717) is 11.9 Å². The predicted molar refractivity (Wildman–Crippen MR) is 92.0 cm³/mol. The van der Waals surface area contributed by atoms with Crippen LogP contribution >= 0.6 is 0 Å². The summed E-state index contributed by atoms with van der Waals surface area (Å²) in [5.41, 5.74) is 0. The average Bonchev–Trinajstić information content (AvgIpc) is 3.25. The molecule has 26 heavy (non-hydrogen) atoms. The van der Waals surface area contributed by atoms with Gasteiger partial charge in [0, 0.05) is 31.7 Å². The lowest BCUT2D eigenvalue weighted by molar-refractivity contribution is 0.0652. The lowest BCUT2D eigenvalue weighted by Gasteiger charge is -2.28. The van der Waals surface area contributed by atoms with E-state index in [0.717, 1.165) is 30.5 Å². The number of likely N-dealkylation sites (tertiary alicyclic amines) is 1. The van der Waals surface area contributed by atoms with E-state index in [9.17, 15) is 13.6 Å². The van der Waals surface area contributed by atoms with Crippen molar-refractivity contribution in [3.8, 4) is 0 Å². The highest BCUT2D eigenvalue weighted by Crippen LogP contribution is 2.22. The van der Waals surface area contributed by atoms with Crippen molar-refractivity contribution in [2.75, 3.05) is 32.5 Å². The molecule has 1 N–H and O–H groups in total. The highest BCUT2D eigenvalue weighted by atomic mass is 19.3. The van der Waals surface area contributed by atoms with E-state index in [1.807, 2.05) is 10.9 Å². The van der Waals surface area contributed by atoms with E-state index >= 15 is 0 Å². The monoisotopic (exact) mass is 367 g/mol. The van der Waals surface area contributed by atoms with Crippen molar-refractivity contribution in [3.63, 3.8) is 0 Å². The van der Waals surface area contributed by atoms with Crippen LogP contribution in [0.1, 0.15) is 31.3 Å². The number of nitrogens with one attached hydrogen (secondary N) is 1. The molecule has 1 aliphatic heterocycles. The minimum Gasteiger partial charge on any atom is -0.320 e. The minimum atomic E-state index is -2.69. The van der Waals surface area contributed by atoms with Crippen LogP contribution in [-0.4, -0.2) is 62.3 Å². The first-order valence-electron chi connectivity index (χ1n) is 8.49. The highest BCUT2D eigenvalue weighted by molar-refractivity contribution is 5.87. The molecule has 0 spiro atoms. The summed E-state index contributed by atoms with van der Waals surface area (Å²) in [6, 6.07) is 1.64. The zero-order valence-corrected chi connectivity index (χ0v) is 14.8. The number of carbonyl (C=O) groups is 1. The molecule has 142 valence electrons. The summed E-state index contributed by atoms with van der Waals surface area (Å²) < 4.78 is 28.3. The van der Waals surface area contributed by atoms with Gasteiger partial charge in [-0.15, -0.1) is 0 Å². The largest absolute Gasteiger partial charge is 0.323 e. The van der Waals surface area contributed by atoms with Crippen LogP contribution in [0, 0.1) is 0 Å². The summed E-state index contributed by atoms with van der Waals surface area (Å²) in [5, 5.41) is 7.11. The standard InChI is InChI=1S/C16H23F2N7O/c1-22-7-3-12(4-8-22)25-9-5-13(21-25)20-16(26)23(2)11-14-19-6-10-24(14)15(17)18/h5-6,9-10,12,15H,3-4,7-8,11H2,1-2H3,(H,20,21,26). The Bertz CT molecular complexity index is 737. The van der Waals surface area contributed by atoms with Crippen LogP contribution in [0.5, 0.6) is 0 Å². The van der Waals surface area contributed by atoms with Crippen LogP contribution in [0.3, 0.4) is 0 Å². The van der Waals surface area contributed by atoms with E-state index in [-0.39, 0.29) is 12.4 Å². The molecule has 0 unspecified atom stereocenters. The predicted octanol–water partition coefficient (Wildman–Crippen LogP) is 2.41. The van der Waals surface area contributed by atoms with Crippen molar-refractivity contribution in [2.24, 2.45) is 0 Å². The molecule has 1 fully saturated rings. The van der Waals surface area contributed by atoms with Gasteiger partial charge in [-0.05, 0) is 33.0 Å². The van der Waals surface area contributed by atoms with Crippen molar-refractivity contribution < 1.29 is 13.6 Å². The number of halogens is 2. The molecule has 0 aliphatic carbocycles. The van der Waals surface area contributed by atoms with Gasteiger partial charge >= 0.3 is 12.6 Å². The number of aromatic nitrogens is 4. The maximum Gasteiger partial charge on any atom is 0.323 e. The SMILES string of the molecule is CN1CCC(n2ccc(NC(=O)N(C)Cc3nccn3C(F)F)n2)CC1. The molecule has 10 heteroatoms. The molecule has 3 heterocycles. The van der Waals surface area contributed by atoms with E-state index in [4.69, 9.17) is 0 Å². The van der Waals surface area contributed by atoms with Crippen molar-refractivity contribution in [2.45, 2.75) is 32.0 Å². The average molecular weight is 367 g/mol. The van der Waals surface area contributed by atoms with Gasteiger partial charge in [-0.1, -0.05) is 0 Å². The Kier molecular flexibility index (Phi) is 5.50. The zero-order valence-electron chi connectivity index (χ0n) is 14.8. The molecule has 0 aromatic carbocycles. The smallest absolute Gasteiger partial charge is 0.320 e. The molecule has 3 rings (SSSR count). The van der Waals surface area contributed by atoms with Crippen LogP contribution < -0.4 is 5.32 Å². The molecular weight excluding hydrogens is 344 g/mol. The number of rotatable bonds is 5. The maximum absolute atomic E-state index is 12.9.